The molecule has 7 heteroatoms. The minimum atomic E-state index is -0.135. The van der Waals surface area contributed by atoms with E-state index in [2.05, 4.69) is 27.8 Å². The first-order valence-corrected chi connectivity index (χ1v) is 11.2. The summed E-state index contributed by atoms with van der Waals surface area (Å²) in [5.74, 6) is -0.000846. The maximum absolute atomic E-state index is 13.3. The Balaban J connectivity index is 1.77. The Labute approximate surface area is 176 Å². The van der Waals surface area contributed by atoms with Gasteiger partial charge in [-0.3, -0.25) is 14.2 Å². The number of carbonyl (C=O) groups excluding carboxylic acids is 1. The van der Waals surface area contributed by atoms with Gasteiger partial charge >= 0.3 is 0 Å². The van der Waals surface area contributed by atoms with Crippen LogP contribution in [0.4, 0.5) is 0 Å². The summed E-state index contributed by atoms with van der Waals surface area (Å²) in [6.45, 7) is 3.71. The average molecular weight is 460 g/mol. The van der Waals surface area contributed by atoms with Gasteiger partial charge in [-0.05, 0) is 43.4 Å². The van der Waals surface area contributed by atoms with Crippen molar-refractivity contribution < 1.29 is 4.79 Å². The van der Waals surface area contributed by atoms with Crippen LogP contribution in [0, 0.1) is 0 Å². The van der Waals surface area contributed by atoms with E-state index in [0.29, 0.717) is 5.39 Å². The Morgan fingerprint density at radius 1 is 1.18 bits per heavy atom. The Bertz CT molecular complexity index is 1070. The van der Waals surface area contributed by atoms with Crippen LogP contribution in [0.3, 0.4) is 0 Å². The van der Waals surface area contributed by atoms with Gasteiger partial charge in [0.1, 0.15) is 11.4 Å². The largest absolute Gasteiger partial charge is 0.341 e. The minimum absolute atomic E-state index is 0.000846. The Hall–Kier alpha value is -1.99. The SMILES string of the molecule is CCc1sc2ncn(CC(=O)N3CCCCC3)c(=O)c2c1-c1ccc(Br)cc1. The molecule has 0 atom stereocenters. The van der Waals surface area contributed by atoms with Crippen molar-refractivity contribution in [1.82, 2.24) is 14.5 Å². The highest BCUT2D eigenvalue weighted by atomic mass is 79.9. The van der Waals surface area contributed by atoms with Gasteiger partial charge in [0.2, 0.25) is 5.91 Å². The summed E-state index contributed by atoms with van der Waals surface area (Å²) in [5, 5.41) is 0.623. The lowest BCUT2D eigenvalue weighted by molar-refractivity contribution is -0.132. The van der Waals surface area contributed by atoms with Crippen molar-refractivity contribution in [2.75, 3.05) is 13.1 Å². The smallest absolute Gasteiger partial charge is 0.263 e. The van der Waals surface area contributed by atoms with Gasteiger partial charge in [0.15, 0.2) is 0 Å². The molecule has 0 aliphatic carbocycles. The molecule has 0 bridgehead atoms. The van der Waals surface area contributed by atoms with Gasteiger partial charge in [-0.2, -0.15) is 0 Å². The number of fused-ring (bicyclic) bond motifs is 1. The third-order valence-corrected chi connectivity index (χ3v) is 6.99. The first kappa shape index (κ1) is 19.3. The summed E-state index contributed by atoms with van der Waals surface area (Å²) >= 11 is 5.03. The normalized spacial score (nSPS) is 14.6. The van der Waals surface area contributed by atoms with E-state index in [0.717, 1.165) is 57.7 Å². The van der Waals surface area contributed by atoms with E-state index in [4.69, 9.17) is 0 Å². The number of benzene rings is 1. The number of aryl methyl sites for hydroxylation is 1. The number of piperidine rings is 1. The number of hydrogen-bond acceptors (Lipinski definition) is 4. The van der Waals surface area contributed by atoms with Crippen molar-refractivity contribution in [2.45, 2.75) is 39.2 Å². The lowest BCUT2D eigenvalue weighted by Crippen LogP contribution is -2.39. The number of halogens is 1. The van der Waals surface area contributed by atoms with Crippen LogP contribution in [0.5, 0.6) is 0 Å². The fraction of sp³-hybridized carbons (Fsp3) is 0.381. The summed E-state index contributed by atoms with van der Waals surface area (Å²) in [7, 11) is 0. The second kappa shape index (κ2) is 8.17. The van der Waals surface area contributed by atoms with Gasteiger partial charge in [0.05, 0.1) is 11.7 Å². The molecule has 146 valence electrons. The van der Waals surface area contributed by atoms with Crippen molar-refractivity contribution in [3.05, 3.63) is 50.3 Å². The van der Waals surface area contributed by atoms with E-state index in [9.17, 15) is 9.59 Å². The van der Waals surface area contributed by atoms with Crippen molar-refractivity contribution in [3.63, 3.8) is 0 Å². The van der Waals surface area contributed by atoms with Crippen molar-refractivity contribution in [1.29, 1.82) is 0 Å². The second-order valence-corrected chi connectivity index (χ2v) is 9.06. The maximum atomic E-state index is 13.3. The number of nitrogens with zero attached hydrogens (tertiary/aromatic N) is 3. The van der Waals surface area contributed by atoms with Crippen molar-refractivity contribution >= 4 is 43.4 Å². The molecule has 0 saturated carbocycles. The molecular weight excluding hydrogens is 438 g/mol. The van der Waals surface area contributed by atoms with E-state index in [1.54, 1.807) is 11.3 Å². The number of likely N-dealkylation sites (tertiary alicyclic amines) is 1. The van der Waals surface area contributed by atoms with Gasteiger partial charge in [0.25, 0.3) is 5.56 Å². The molecule has 1 amide bonds. The topological polar surface area (TPSA) is 55.2 Å². The summed E-state index contributed by atoms with van der Waals surface area (Å²) in [4.78, 5) is 34.2. The molecule has 1 saturated heterocycles. The molecule has 3 aromatic rings. The molecule has 0 N–H and O–H groups in total. The van der Waals surface area contributed by atoms with Gasteiger partial charge in [-0.15, -0.1) is 11.3 Å². The molecule has 4 rings (SSSR count). The van der Waals surface area contributed by atoms with E-state index in [1.807, 2.05) is 29.2 Å². The second-order valence-electron chi connectivity index (χ2n) is 7.06. The predicted molar refractivity (Wildman–Crippen MR) is 117 cm³/mol. The number of aromatic nitrogens is 2. The molecular formula is C21H22BrN3O2S. The van der Waals surface area contributed by atoms with E-state index >= 15 is 0 Å². The summed E-state index contributed by atoms with van der Waals surface area (Å²) in [6.07, 6.45) is 5.60. The van der Waals surface area contributed by atoms with E-state index in [1.165, 1.54) is 17.3 Å². The van der Waals surface area contributed by atoms with Crippen molar-refractivity contribution in [3.8, 4) is 11.1 Å². The molecule has 1 aliphatic rings. The van der Waals surface area contributed by atoms with Crippen LogP contribution < -0.4 is 5.56 Å². The van der Waals surface area contributed by atoms with E-state index in [-0.39, 0.29) is 18.0 Å². The lowest BCUT2D eigenvalue weighted by atomic mass is 10.0. The monoisotopic (exact) mass is 459 g/mol. The summed E-state index contributed by atoms with van der Waals surface area (Å²) in [5.41, 5.74) is 1.82. The minimum Gasteiger partial charge on any atom is -0.341 e. The molecule has 2 aromatic heterocycles. The van der Waals surface area contributed by atoms with Gasteiger partial charge < -0.3 is 4.90 Å². The van der Waals surface area contributed by atoms with Crippen molar-refractivity contribution in [2.24, 2.45) is 0 Å². The molecule has 0 spiro atoms. The van der Waals surface area contributed by atoms with Crippen LogP contribution in [0.15, 0.2) is 39.9 Å². The third-order valence-electron chi connectivity index (χ3n) is 5.22. The quantitative estimate of drug-likeness (QED) is 0.578. The molecule has 28 heavy (non-hydrogen) atoms. The highest BCUT2D eigenvalue weighted by Gasteiger charge is 2.21. The molecule has 3 heterocycles. The average Bonchev–Trinajstić information content (AvgIpc) is 3.11. The standard InChI is InChI=1S/C21H22BrN3O2S/c1-2-16-18(14-6-8-15(22)9-7-14)19-20(28-16)23-13-25(21(19)27)12-17(26)24-10-4-3-5-11-24/h6-9,13H,2-5,10-12H2,1H3. The lowest BCUT2D eigenvalue weighted by Gasteiger charge is -2.26. The predicted octanol–water partition coefficient (Wildman–Crippen LogP) is 4.46. The van der Waals surface area contributed by atoms with Crippen LogP contribution in [0.25, 0.3) is 21.3 Å². The Morgan fingerprint density at radius 3 is 2.57 bits per heavy atom. The molecule has 1 aliphatic heterocycles. The first-order chi connectivity index (χ1) is 13.6. The number of thiophene rings is 1. The first-order valence-electron chi connectivity index (χ1n) is 9.63. The van der Waals surface area contributed by atoms with Gasteiger partial charge in [-0.25, -0.2) is 4.98 Å². The van der Waals surface area contributed by atoms with Crippen LogP contribution in [-0.4, -0.2) is 33.4 Å². The highest BCUT2D eigenvalue weighted by molar-refractivity contribution is 9.10. The summed E-state index contributed by atoms with van der Waals surface area (Å²) < 4.78 is 2.46. The molecule has 1 fully saturated rings. The molecule has 5 nitrogen and oxygen atoms in total. The van der Waals surface area contributed by atoms with Crippen LogP contribution >= 0.6 is 27.3 Å². The van der Waals surface area contributed by atoms with Crippen LogP contribution in [-0.2, 0) is 17.8 Å². The maximum Gasteiger partial charge on any atom is 0.263 e. The third kappa shape index (κ3) is 3.65. The number of carbonyl (C=O) groups is 1. The van der Waals surface area contributed by atoms with Gasteiger partial charge in [0, 0.05) is 28.0 Å². The zero-order valence-corrected chi connectivity index (χ0v) is 18.2. The molecule has 1 aromatic carbocycles. The zero-order valence-electron chi connectivity index (χ0n) is 15.8. The fourth-order valence-electron chi connectivity index (χ4n) is 3.75. The number of rotatable bonds is 4. The van der Waals surface area contributed by atoms with Crippen LogP contribution in [0.2, 0.25) is 0 Å². The zero-order chi connectivity index (χ0) is 19.7. The molecule has 0 unspecified atom stereocenters. The van der Waals surface area contributed by atoms with Gasteiger partial charge in [-0.1, -0.05) is 35.0 Å². The van der Waals surface area contributed by atoms with Crippen LogP contribution in [0.1, 0.15) is 31.1 Å². The molecule has 0 radical (unpaired) electrons. The number of amides is 1. The summed E-state index contributed by atoms with van der Waals surface area (Å²) in [6, 6.07) is 7.99. The van der Waals surface area contributed by atoms with E-state index < -0.39 is 0 Å². The highest BCUT2D eigenvalue weighted by Crippen LogP contribution is 2.36. The fourth-order valence-corrected chi connectivity index (χ4v) is 5.10. The Kier molecular flexibility index (Phi) is 5.64. The number of hydrogen-bond donors (Lipinski definition) is 0. The Morgan fingerprint density at radius 2 is 1.89 bits per heavy atom.